The highest BCUT2D eigenvalue weighted by Crippen LogP contribution is 2.23. The van der Waals surface area contributed by atoms with Crippen molar-refractivity contribution in [3.05, 3.63) is 11.3 Å². The number of nitrogens with two attached hydrogens (primary N) is 1. The Morgan fingerprint density at radius 2 is 2.44 bits per heavy atom. The van der Waals surface area contributed by atoms with E-state index < -0.39 is 0 Å². The summed E-state index contributed by atoms with van der Waals surface area (Å²) < 4.78 is 7.29. The van der Waals surface area contributed by atoms with Gasteiger partial charge in [-0.1, -0.05) is 11.6 Å². The molecule has 1 atom stereocenters. The third kappa shape index (κ3) is 2.06. The highest BCUT2D eigenvalue weighted by atomic mass is 35.5. The summed E-state index contributed by atoms with van der Waals surface area (Å²) in [4.78, 5) is 8.03. The van der Waals surface area contributed by atoms with Crippen LogP contribution in [0.4, 0.5) is 5.95 Å². The van der Waals surface area contributed by atoms with Gasteiger partial charge < -0.3 is 15.8 Å². The maximum absolute atomic E-state index is 6.00. The van der Waals surface area contributed by atoms with E-state index in [1.54, 1.807) is 0 Å². The van der Waals surface area contributed by atoms with Gasteiger partial charge >= 0.3 is 6.01 Å². The van der Waals surface area contributed by atoms with Gasteiger partial charge in [0, 0.05) is 6.54 Å². The number of hydrogen-bond donors (Lipinski definition) is 2. The van der Waals surface area contributed by atoms with Gasteiger partial charge in [0.25, 0.3) is 0 Å². The summed E-state index contributed by atoms with van der Waals surface area (Å²) in [5.74, 6) is 0.156. The molecule has 18 heavy (non-hydrogen) atoms. The van der Waals surface area contributed by atoms with E-state index in [2.05, 4.69) is 20.4 Å². The van der Waals surface area contributed by atoms with Crippen LogP contribution in [0, 0.1) is 0 Å². The number of ether oxygens (including phenoxy) is 1. The molecule has 0 amide bonds. The second kappa shape index (κ2) is 4.58. The van der Waals surface area contributed by atoms with Crippen molar-refractivity contribution in [1.29, 1.82) is 0 Å². The number of piperidine rings is 1. The number of halogens is 1. The molecule has 3 N–H and O–H groups in total. The molecular formula is C10H13ClN6O. The zero-order chi connectivity index (χ0) is 12.5. The molecule has 8 heteroatoms. The number of nitrogens with zero attached hydrogens (tertiary/aromatic N) is 4. The van der Waals surface area contributed by atoms with Crippen molar-refractivity contribution in [2.24, 2.45) is 0 Å². The van der Waals surface area contributed by atoms with E-state index in [0.717, 1.165) is 25.9 Å². The fraction of sp³-hybridized carbons (Fsp3) is 0.500. The molecule has 2 aromatic rings. The molecule has 1 saturated heterocycles. The zero-order valence-corrected chi connectivity index (χ0v) is 10.4. The van der Waals surface area contributed by atoms with E-state index in [4.69, 9.17) is 22.1 Å². The molecule has 96 valence electrons. The summed E-state index contributed by atoms with van der Waals surface area (Å²) in [6, 6.07) is 0.359. The molecule has 1 aliphatic heterocycles. The monoisotopic (exact) mass is 268 g/mol. The fourth-order valence-corrected chi connectivity index (χ4v) is 2.19. The summed E-state index contributed by atoms with van der Waals surface area (Å²) in [6.45, 7) is 1.82. The Morgan fingerprint density at radius 1 is 1.56 bits per heavy atom. The minimum atomic E-state index is 0.0802. The average molecular weight is 269 g/mol. The largest absolute Gasteiger partial charge is 0.459 e. The first kappa shape index (κ1) is 11.5. The smallest absolute Gasteiger partial charge is 0.320 e. The van der Waals surface area contributed by atoms with Crippen LogP contribution in [0.3, 0.4) is 0 Å². The molecule has 0 saturated carbocycles. The van der Waals surface area contributed by atoms with Crippen LogP contribution in [0.1, 0.15) is 12.8 Å². The van der Waals surface area contributed by atoms with Crippen LogP contribution in [0.5, 0.6) is 6.01 Å². The van der Waals surface area contributed by atoms with Gasteiger partial charge in [-0.2, -0.15) is 9.50 Å². The van der Waals surface area contributed by atoms with Gasteiger partial charge in [-0.15, -0.1) is 5.10 Å². The predicted octanol–water partition coefficient (Wildman–Crippen LogP) is 0.491. The van der Waals surface area contributed by atoms with Crippen molar-refractivity contribution in [3.8, 4) is 6.01 Å². The van der Waals surface area contributed by atoms with Crippen LogP contribution in [-0.4, -0.2) is 38.8 Å². The number of nitrogens with one attached hydrogen (secondary N) is 1. The number of fused-ring (bicyclic) bond motifs is 1. The molecule has 0 aromatic carbocycles. The van der Waals surface area contributed by atoms with E-state index in [0.29, 0.717) is 16.7 Å². The third-order valence-corrected chi connectivity index (χ3v) is 3.14. The lowest BCUT2D eigenvalue weighted by Crippen LogP contribution is -2.37. The number of rotatable bonds is 2. The van der Waals surface area contributed by atoms with Crippen LogP contribution in [0.15, 0.2) is 6.20 Å². The minimum absolute atomic E-state index is 0.0802. The number of nitrogen functional groups attached to an aromatic ring is 1. The highest BCUT2D eigenvalue weighted by molar-refractivity contribution is 6.32. The van der Waals surface area contributed by atoms with Gasteiger partial charge in [0.2, 0.25) is 5.95 Å². The van der Waals surface area contributed by atoms with Crippen LogP contribution in [0.2, 0.25) is 5.15 Å². The predicted molar refractivity (Wildman–Crippen MR) is 66.7 cm³/mol. The quantitative estimate of drug-likeness (QED) is 0.824. The summed E-state index contributed by atoms with van der Waals surface area (Å²) in [5, 5.41) is 7.64. The molecule has 0 bridgehead atoms. The Labute approximate surface area is 108 Å². The molecule has 3 heterocycles. The Bertz CT molecular complexity index is 565. The van der Waals surface area contributed by atoms with Crippen molar-refractivity contribution in [3.63, 3.8) is 0 Å². The van der Waals surface area contributed by atoms with Crippen molar-refractivity contribution in [1.82, 2.24) is 24.9 Å². The van der Waals surface area contributed by atoms with Crippen molar-refractivity contribution < 1.29 is 4.74 Å². The van der Waals surface area contributed by atoms with Gasteiger partial charge in [0.1, 0.15) is 11.6 Å². The van der Waals surface area contributed by atoms with E-state index in [1.807, 2.05) is 0 Å². The highest BCUT2D eigenvalue weighted by Gasteiger charge is 2.19. The number of aromatic nitrogens is 4. The lowest BCUT2D eigenvalue weighted by atomic mass is 10.1. The molecule has 1 aliphatic rings. The molecular weight excluding hydrogens is 256 g/mol. The van der Waals surface area contributed by atoms with Crippen LogP contribution < -0.4 is 15.8 Å². The first-order chi connectivity index (χ1) is 8.74. The SMILES string of the molecule is Nc1ncc2c(Cl)nc(OC3CCCNC3)n2n1. The van der Waals surface area contributed by atoms with E-state index in [9.17, 15) is 0 Å². The molecule has 7 nitrogen and oxygen atoms in total. The zero-order valence-electron chi connectivity index (χ0n) is 9.64. The second-order valence-electron chi connectivity index (χ2n) is 4.18. The van der Waals surface area contributed by atoms with Gasteiger partial charge in [-0.05, 0) is 19.4 Å². The summed E-state index contributed by atoms with van der Waals surface area (Å²) in [6.07, 6.45) is 3.68. The molecule has 0 aliphatic carbocycles. The third-order valence-electron chi connectivity index (χ3n) is 2.86. The van der Waals surface area contributed by atoms with Crippen LogP contribution in [0.25, 0.3) is 5.52 Å². The first-order valence-corrected chi connectivity index (χ1v) is 6.16. The van der Waals surface area contributed by atoms with Crippen LogP contribution in [-0.2, 0) is 0 Å². The maximum Gasteiger partial charge on any atom is 0.320 e. The number of anilines is 1. The van der Waals surface area contributed by atoms with E-state index >= 15 is 0 Å². The molecule has 3 rings (SSSR count). The van der Waals surface area contributed by atoms with Gasteiger partial charge in [-0.3, -0.25) is 0 Å². The fourth-order valence-electron chi connectivity index (χ4n) is 1.98. The molecule has 1 fully saturated rings. The summed E-state index contributed by atoms with van der Waals surface area (Å²) >= 11 is 6.00. The average Bonchev–Trinajstić information content (AvgIpc) is 2.67. The van der Waals surface area contributed by atoms with Crippen molar-refractivity contribution in [2.75, 3.05) is 18.8 Å². The van der Waals surface area contributed by atoms with Gasteiger partial charge in [0.15, 0.2) is 5.15 Å². The molecule has 2 aromatic heterocycles. The normalized spacial score (nSPS) is 20.2. The maximum atomic E-state index is 6.00. The summed E-state index contributed by atoms with van der Waals surface area (Å²) in [5.41, 5.74) is 6.14. The summed E-state index contributed by atoms with van der Waals surface area (Å²) in [7, 11) is 0. The van der Waals surface area contributed by atoms with Gasteiger partial charge in [-0.25, -0.2) is 4.98 Å². The standard InChI is InChI=1S/C10H13ClN6O/c11-8-7-5-14-9(12)16-17(7)10(15-8)18-6-2-1-3-13-4-6/h5-6,13H,1-4H2,(H2,12,16). The molecule has 1 unspecified atom stereocenters. The Balaban J connectivity index is 1.93. The Hall–Kier alpha value is -1.60. The second-order valence-corrected chi connectivity index (χ2v) is 4.54. The topological polar surface area (TPSA) is 90.4 Å². The number of imidazole rings is 1. The van der Waals surface area contributed by atoms with Crippen molar-refractivity contribution in [2.45, 2.75) is 18.9 Å². The van der Waals surface area contributed by atoms with E-state index in [-0.39, 0.29) is 12.1 Å². The first-order valence-electron chi connectivity index (χ1n) is 5.78. The Morgan fingerprint density at radius 3 is 3.22 bits per heavy atom. The van der Waals surface area contributed by atoms with Crippen LogP contribution >= 0.6 is 11.6 Å². The lowest BCUT2D eigenvalue weighted by Gasteiger charge is -2.22. The van der Waals surface area contributed by atoms with Crippen molar-refractivity contribution >= 4 is 23.1 Å². The van der Waals surface area contributed by atoms with E-state index in [1.165, 1.54) is 10.7 Å². The molecule has 0 radical (unpaired) electrons. The van der Waals surface area contributed by atoms with Gasteiger partial charge in [0.05, 0.1) is 6.20 Å². The lowest BCUT2D eigenvalue weighted by molar-refractivity contribution is 0.150. The Kier molecular flexibility index (Phi) is 2.92. The minimum Gasteiger partial charge on any atom is -0.459 e. The molecule has 0 spiro atoms. The number of hydrogen-bond acceptors (Lipinski definition) is 6.